The van der Waals surface area contributed by atoms with Crippen LogP contribution in [0.25, 0.3) is 11.5 Å². The lowest BCUT2D eigenvalue weighted by Gasteiger charge is -2.25. The number of rotatable bonds is 3. The Morgan fingerprint density at radius 1 is 1.29 bits per heavy atom. The van der Waals surface area contributed by atoms with Gasteiger partial charge in [0.2, 0.25) is 11.8 Å². The summed E-state index contributed by atoms with van der Waals surface area (Å²) in [5.41, 5.74) is 3.09. The van der Waals surface area contributed by atoms with Crippen LogP contribution in [0.15, 0.2) is 28.7 Å². The molecule has 0 aliphatic carbocycles. The van der Waals surface area contributed by atoms with E-state index in [1.54, 1.807) is 0 Å². The van der Waals surface area contributed by atoms with Crippen molar-refractivity contribution in [3.8, 4) is 11.5 Å². The molecule has 0 spiro atoms. The molecular formula is C16H19N3O2. The summed E-state index contributed by atoms with van der Waals surface area (Å²) in [5, 5.41) is 2.82. The number of aromatic nitrogens is 1. The number of nitrogens with one attached hydrogen (secondary N) is 1. The summed E-state index contributed by atoms with van der Waals surface area (Å²) in [6.45, 7) is 6.58. The number of oxazole rings is 1. The van der Waals surface area contributed by atoms with Crippen molar-refractivity contribution in [3.05, 3.63) is 41.3 Å². The van der Waals surface area contributed by atoms with Crippen LogP contribution in [0, 0.1) is 13.8 Å². The molecule has 0 saturated carbocycles. The van der Waals surface area contributed by atoms with Crippen LogP contribution in [-0.2, 0) is 11.3 Å². The van der Waals surface area contributed by atoms with E-state index in [-0.39, 0.29) is 5.91 Å². The first-order valence-electron chi connectivity index (χ1n) is 7.14. The molecule has 110 valence electrons. The number of carbonyl (C=O) groups excluding carboxylic acids is 1. The number of piperazine rings is 1. The molecule has 0 radical (unpaired) electrons. The summed E-state index contributed by atoms with van der Waals surface area (Å²) < 4.78 is 5.77. The third-order valence-electron chi connectivity index (χ3n) is 3.68. The normalized spacial score (nSPS) is 16.0. The van der Waals surface area contributed by atoms with Gasteiger partial charge in [-0.25, -0.2) is 4.98 Å². The van der Waals surface area contributed by atoms with Gasteiger partial charge in [0.1, 0.15) is 5.76 Å². The van der Waals surface area contributed by atoms with Crippen LogP contribution in [0.4, 0.5) is 0 Å². The summed E-state index contributed by atoms with van der Waals surface area (Å²) in [6.07, 6.45) is 0. The van der Waals surface area contributed by atoms with Gasteiger partial charge in [0.05, 0.1) is 12.2 Å². The molecule has 1 aromatic carbocycles. The Morgan fingerprint density at radius 2 is 2.05 bits per heavy atom. The molecule has 0 atom stereocenters. The number of carbonyl (C=O) groups is 1. The van der Waals surface area contributed by atoms with Gasteiger partial charge in [-0.2, -0.15) is 0 Å². The van der Waals surface area contributed by atoms with Crippen LogP contribution in [0.5, 0.6) is 0 Å². The molecule has 1 saturated heterocycles. The van der Waals surface area contributed by atoms with Crippen molar-refractivity contribution in [1.82, 2.24) is 15.2 Å². The average Bonchev–Trinajstić information content (AvgIpc) is 2.81. The standard InChI is InChI=1S/C16H19N3O2/c1-11-3-5-13(6-4-11)16-18-14(12(2)21-16)9-19-8-7-17-15(20)10-19/h3-6H,7-10H2,1-2H3,(H,17,20). The number of hydrogen-bond acceptors (Lipinski definition) is 4. The highest BCUT2D eigenvalue weighted by Crippen LogP contribution is 2.23. The molecule has 3 rings (SSSR count). The summed E-state index contributed by atoms with van der Waals surface area (Å²) in [4.78, 5) is 18.1. The van der Waals surface area contributed by atoms with Crippen LogP contribution in [-0.4, -0.2) is 35.4 Å². The molecule has 5 nitrogen and oxygen atoms in total. The monoisotopic (exact) mass is 285 g/mol. The Hall–Kier alpha value is -2.14. The number of benzene rings is 1. The minimum absolute atomic E-state index is 0.0705. The SMILES string of the molecule is Cc1ccc(-c2nc(CN3CCNC(=O)C3)c(C)o2)cc1. The zero-order valence-corrected chi connectivity index (χ0v) is 12.3. The molecule has 1 aliphatic rings. The molecule has 1 aliphatic heterocycles. The summed E-state index contributed by atoms with van der Waals surface area (Å²) >= 11 is 0. The summed E-state index contributed by atoms with van der Waals surface area (Å²) in [5.74, 6) is 1.53. The third kappa shape index (κ3) is 3.13. The smallest absolute Gasteiger partial charge is 0.234 e. The zero-order valence-electron chi connectivity index (χ0n) is 12.3. The third-order valence-corrected chi connectivity index (χ3v) is 3.68. The van der Waals surface area contributed by atoms with Crippen LogP contribution in [0.1, 0.15) is 17.0 Å². The molecule has 2 aromatic rings. The zero-order chi connectivity index (χ0) is 14.8. The molecule has 0 bridgehead atoms. The van der Waals surface area contributed by atoms with Gasteiger partial charge in [-0.15, -0.1) is 0 Å². The van der Waals surface area contributed by atoms with Crippen LogP contribution in [0.3, 0.4) is 0 Å². The molecule has 1 N–H and O–H groups in total. The van der Waals surface area contributed by atoms with Gasteiger partial charge >= 0.3 is 0 Å². The van der Waals surface area contributed by atoms with Crippen molar-refractivity contribution >= 4 is 5.91 Å². The van der Waals surface area contributed by atoms with Gasteiger partial charge < -0.3 is 9.73 Å². The quantitative estimate of drug-likeness (QED) is 0.935. The van der Waals surface area contributed by atoms with Gasteiger partial charge in [-0.1, -0.05) is 17.7 Å². The first-order chi connectivity index (χ1) is 10.1. The molecule has 1 aromatic heterocycles. The number of hydrogen-bond donors (Lipinski definition) is 1. The number of aryl methyl sites for hydroxylation is 2. The van der Waals surface area contributed by atoms with Gasteiger partial charge in [-0.3, -0.25) is 9.69 Å². The van der Waals surface area contributed by atoms with E-state index in [4.69, 9.17) is 4.42 Å². The van der Waals surface area contributed by atoms with Crippen molar-refractivity contribution in [2.75, 3.05) is 19.6 Å². The molecule has 1 amide bonds. The lowest BCUT2D eigenvalue weighted by Crippen LogP contribution is -2.47. The van der Waals surface area contributed by atoms with Gasteiger partial charge in [-0.05, 0) is 26.0 Å². The van der Waals surface area contributed by atoms with E-state index in [0.717, 1.165) is 23.6 Å². The van der Waals surface area contributed by atoms with E-state index in [0.29, 0.717) is 25.5 Å². The molecule has 21 heavy (non-hydrogen) atoms. The fourth-order valence-electron chi connectivity index (χ4n) is 2.43. The van der Waals surface area contributed by atoms with Crippen LogP contribution in [0.2, 0.25) is 0 Å². The van der Waals surface area contributed by atoms with Crippen molar-refractivity contribution in [1.29, 1.82) is 0 Å². The minimum atomic E-state index is 0.0705. The van der Waals surface area contributed by atoms with Gasteiger partial charge in [0, 0.05) is 25.2 Å². The van der Waals surface area contributed by atoms with Crippen molar-refractivity contribution < 1.29 is 9.21 Å². The second-order valence-corrected chi connectivity index (χ2v) is 5.45. The number of amides is 1. The highest BCUT2D eigenvalue weighted by atomic mass is 16.4. The van der Waals surface area contributed by atoms with E-state index < -0.39 is 0 Å². The van der Waals surface area contributed by atoms with Crippen molar-refractivity contribution in [2.24, 2.45) is 0 Å². The molecule has 5 heteroatoms. The predicted octanol–water partition coefficient (Wildman–Crippen LogP) is 1.89. The van der Waals surface area contributed by atoms with Crippen molar-refractivity contribution in [2.45, 2.75) is 20.4 Å². The Kier molecular flexibility index (Phi) is 3.75. The maximum Gasteiger partial charge on any atom is 0.234 e. The first kappa shape index (κ1) is 13.8. The molecular weight excluding hydrogens is 266 g/mol. The molecule has 0 unspecified atom stereocenters. The predicted molar refractivity (Wildman–Crippen MR) is 79.7 cm³/mol. The van der Waals surface area contributed by atoms with E-state index in [1.807, 2.05) is 31.2 Å². The van der Waals surface area contributed by atoms with Gasteiger partial charge in [0.25, 0.3) is 0 Å². The highest BCUT2D eigenvalue weighted by molar-refractivity contribution is 5.78. The lowest BCUT2D eigenvalue weighted by molar-refractivity contribution is -0.124. The van der Waals surface area contributed by atoms with Crippen LogP contribution < -0.4 is 5.32 Å². The van der Waals surface area contributed by atoms with Gasteiger partial charge in [0.15, 0.2) is 0 Å². The Balaban J connectivity index is 1.78. The minimum Gasteiger partial charge on any atom is -0.441 e. The maximum atomic E-state index is 11.4. The van der Waals surface area contributed by atoms with E-state index in [9.17, 15) is 4.79 Å². The Morgan fingerprint density at radius 3 is 2.76 bits per heavy atom. The van der Waals surface area contributed by atoms with E-state index >= 15 is 0 Å². The number of nitrogens with zero attached hydrogens (tertiary/aromatic N) is 2. The molecule has 2 heterocycles. The molecule has 1 fully saturated rings. The Bertz CT molecular complexity index is 646. The summed E-state index contributed by atoms with van der Waals surface area (Å²) in [6, 6.07) is 8.12. The fraction of sp³-hybridized carbons (Fsp3) is 0.375. The largest absolute Gasteiger partial charge is 0.441 e. The fourth-order valence-corrected chi connectivity index (χ4v) is 2.43. The van der Waals surface area contributed by atoms with Crippen LogP contribution >= 0.6 is 0 Å². The topological polar surface area (TPSA) is 58.4 Å². The summed E-state index contributed by atoms with van der Waals surface area (Å²) in [7, 11) is 0. The first-order valence-corrected chi connectivity index (χ1v) is 7.14. The average molecular weight is 285 g/mol. The van der Waals surface area contributed by atoms with E-state index in [2.05, 4.69) is 22.1 Å². The highest BCUT2D eigenvalue weighted by Gasteiger charge is 2.19. The van der Waals surface area contributed by atoms with E-state index in [1.165, 1.54) is 5.56 Å². The maximum absolute atomic E-state index is 11.4. The van der Waals surface area contributed by atoms with Crippen molar-refractivity contribution in [3.63, 3.8) is 0 Å². The lowest BCUT2D eigenvalue weighted by atomic mass is 10.1. The second-order valence-electron chi connectivity index (χ2n) is 5.45. The Labute approximate surface area is 124 Å². The second kappa shape index (κ2) is 5.69.